The van der Waals surface area contributed by atoms with Gasteiger partial charge in [-0.15, -0.1) is 0 Å². The molecular weight excluding hydrogens is 405 g/mol. The smallest absolute Gasteiger partial charge is 0.340 e. The van der Waals surface area contributed by atoms with Gasteiger partial charge in [-0.2, -0.15) is 0 Å². The SMILES string of the molecule is COC(=O)C1=C(N)Oc2c(c(=O)sc3ccccc23)[C@@H]1c1c(F)cccc1Cl. The summed E-state index contributed by atoms with van der Waals surface area (Å²) >= 11 is 7.24. The molecule has 0 radical (unpaired) electrons. The zero-order chi connectivity index (χ0) is 20.0. The average molecular weight is 418 g/mol. The molecule has 0 saturated carbocycles. The highest BCUT2D eigenvalue weighted by Gasteiger charge is 2.40. The van der Waals surface area contributed by atoms with Crippen molar-refractivity contribution in [2.45, 2.75) is 5.92 Å². The molecule has 8 heteroatoms. The molecule has 0 spiro atoms. The number of esters is 1. The van der Waals surface area contributed by atoms with Gasteiger partial charge in [0.05, 0.1) is 18.6 Å². The van der Waals surface area contributed by atoms with Crippen molar-refractivity contribution in [2.75, 3.05) is 7.11 Å². The number of fused-ring (bicyclic) bond motifs is 3. The lowest BCUT2D eigenvalue weighted by Crippen LogP contribution is -2.30. The second kappa shape index (κ2) is 6.92. The summed E-state index contributed by atoms with van der Waals surface area (Å²) in [5.74, 6) is -2.72. The van der Waals surface area contributed by atoms with Gasteiger partial charge in [0.1, 0.15) is 17.1 Å². The Morgan fingerprint density at radius 3 is 2.68 bits per heavy atom. The Bertz CT molecular complexity index is 1200. The summed E-state index contributed by atoms with van der Waals surface area (Å²) in [4.78, 5) is 25.5. The number of methoxy groups -OCH3 is 1. The largest absolute Gasteiger partial charge is 0.465 e. The summed E-state index contributed by atoms with van der Waals surface area (Å²) in [7, 11) is 1.17. The molecule has 4 rings (SSSR count). The van der Waals surface area contributed by atoms with Gasteiger partial charge in [0.2, 0.25) is 10.6 Å². The van der Waals surface area contributed by atoms with Crippen LogP contribution in [0, 0.1) is 5.82 Å². The Morgan fingerprint density at radius 2 is 1.96 bits per heavy atom. The summed E-state index contributed by atoms with van der Waals surface area (Å²) in [5.41, 5.74) is 5.94. The molecule has 2 heterocycles. The molecule has 1 aliphatic heterocycles. The van der Waals surface area contributed by atoms with Gasteiger partial charge in [-0.25, -0.2) is 9.18 Å². The van der Waals surface area contributed by atoms with Gasteiger partial charge in [-0.1, -0.05) is 41.1 Å². The molecule has 1 atom stereocenters. The summed E-state index contributed by atoms with van der Waals surface area (Å²) in [5, 5.41) is 0.691. The van der Waals surface area contributed by atoms with Crippen LogP contribution in [0.2, 0.25) is 5.02 Å². The van der Waals surface area contributed by atoms with Gasteiger partial charge < -0.3 is 15.2 Å². The summed E-state index contributed by atoms with van der Waals surface area (Å²) in [6.45, 7) is 0. The zero-order valence-electron chi connectivity index (χ0n) is 14.5. The van der Waals surface area contributed by atoms with E-state index in [0.717, 1.165) is 11.3 Å². The molecule has 0 aliphatic carbocycles. The number of hydrogen-bond acceptors (Lipinski definition) is 6. The van der Waals surface area contributed by atoms with Gasteiger partial charge in [0, 0.05) is 20.7 Å². The van der Waals surface area contributed by atoms with Crippen molar-refractivity contribution in [1.82, 2.24) is 0 Å². The Kier molecular flexibility index (Phi) is 4.56. The van der Waals surface area contributed by atoms with Crippen LogP contribution in [0.3, 0.4) is 0 Å². The van der Waals surface area contributed by atoms with Crippen molar-refractivity contribution in [1.29, 1.82) is 0 Å². The van der Waals surface area contributed by atoms with E-state index >= 15 is 0 Å². The number of halogens is 2. The molecule has 0 fully saturated rings. The molecule has 3 aromatic rings. The maximum atomic E-state index is 14.8. The first kappa shape index (κ1) is 18.5. The van der Waals surface area contributed by atoms with Crippen molar-refractivity contribution < 1.29 is 18.7 Å². The van der Waals surface area contributed by atoms with Crippen LogP contribution in [0.5, 0.6) is 5.75 Å². The molecule has 1 aliphatic rings. The van der Waals surface area contributed by atoms with Crippen LogP contribution in [0.4, 0.5) is 4.39 Å². The minimum Gasteiger partial charge on any atom is -0.465 e. The summed E-state index contributed by atoms with van der Waals surface area (Å²) < 4.78 is 25.6. The van der Waals surface area contributed by atoms with Crippen molar-refractivity contribution in [2.24, 2.45) is 5.73 Å². The third-order valence-corrected chi connectivity index (χ3v) is 5.86. The molecule has 1 aromatic heterocycles. The first-order valence-corrected chi connectivity index (χ1v) is 9.39. The number of hydrogen-bond donors (Lipinski definition) is 1. The topological polar surface area (TPSA) is 78.6 Å². The van der Waals surface area contributed by atoms with Crippen LogP contribution in [-0.4, -0.2) is 13.1 Å². The predicted molar refractivity (Wildman–Crippen MR) is 105 cm³/mol. The maximum Gasteiger partial charge on any atom is 0.340 e. The third kappa shape index (κ3) is 2.75. The van der Waals surface area contributed by atoms with E-state index < -0.39 is 17.7 Å². The summed E-state index contributed by atoms with van der Waals surface area (Å²) in [6.07, 6.45) is 0. The summed E-state index contributed by atoms with van der Waals surface area (Å²) in [6, 6.07) is 11.2. The number of benzene rings is 2. The van der Waals surface area contributed by atoms with Gasteiger partial charge in [-0.3, -0.25) is 4.79 Å². The normalized spacial score (nSPS) is 15.9. The highest BCUT2D eigenvalue weighted by molar-refractivity contribution is 7.16. The highest BCUT2D eigenvalue weighted by Crippen LogP contribution is 2.47. The lowest BCUT2D eigenvalue weighted by molar-refractivity contribution is -0.136. The predicted octanol–water partition coefficient (Wildman–Crippen LogP) is 3.92. The van der Waals surface area contributed by atoms with E-state index in [-0.39, 0.29) is 38.1 Å². The lowest BCUT2D eigenvalue weighted by Gasteiger charge is -2.28. The van der Waals surface area contributed by atoms with Crippen LogP contribution in [0.15, 0.2) is 58.7 Å². The number of carbonyl (C=O) groups is 1. The van der Waals surface area contributed by atoms with E-state index in [1.165, 1.54) is 25.3 Å². The van der Waals surface area contributed by atoms with Crippen LogP contribution < -0.4 is 15.2 Å². The van der Waals surface area contributed by atoms with Crippen molar-refractivity contribution >= 4 is 39.0 Å². The lowest BCUT2D eigenvalue weighted by atomic mass is 9.83. The van der Waals surface area contributed by atoms with E-state index in [1.54, 1.807) is 24.3 Å². The van der Waals surface area contributed by atoms with Crippen LogP contribution in [0.25, 0.3) is 10.1 Å². The Hall–Kier alpha value is -2.90. The van der Waals surface area contributed by atoms with E-state index in [9.17, 15) is 14.0 Å². The Balaban J connectivity index is 2.14. The molecule has 0 bridgehead atoms. The second-order valence-electron chi connectivity index (χ2n) is 6.07. The van der Waals surface area contributed by atoms with E-state index in [2.05, 4.69) is 0 Å². The molecule has 142 valence electrons. The van der Waals surface area contributed by atoms with Crippen molar-refractivity contribution in [3.05, 3.63) is 85.4 Å². The number of carbonyl (C=O) groups excluding carboxylic acids is 1. The van der Waals surface area contributed by atoms with Crippen molar-refractivity contribution in [3.63, 3.8) is 0 Å². The fourth-order valence-corrected chi connectivity index (χ4v) is 4.56. The quantitative estimate of drug-likeness (QED) is 0.639. The fraction of sp³-hybridized carbons (Fsp3) is 0.100. The molecule has 0 saturated heterocycles. The van der Waals surface area contributed by atoms with E-state index in [4.69, 9.17) is 26.8 Å². The maximum absolute atomic E-state index is 14.8. The standard InChI is InChI=1S/C20H13ClFNO4S/c1-26-19(24)16-14(13-10(21)6-4-7-11(13)22)15-17(27-18(16)23)9-5-2-3-8-12(9)28-20(15)25/h2-8,14H,23H2,1H3/t14-/m0/s1. The van der Waals surface area contributed by atoms with Gasteiger partial charge in [-0.05, 0) is 24.3 Å². The Morgan fingerprint density at radius 1 is 1.21 bits per heavy atom. The minimum absolute atomic E-state index is 0.0309. The number of rotatable bonds is 2. The Labute approximate surface area is 167 Å². The van der Waals surface area contributed by atoms with Gasteiger partial charge >= 0.3 is 5.97 Å². The molecule has 5 nitrogen and oxygen atoms in total. The molecule has 0 unspecified atom stereocenters. The van der Waals surface area contributed by atoms with Crippen LogP contribution >= 0.6 is 22.9 Å². The van der Waals surface area contributed by atoms with Gasteiger partial charge in [0.25, 0.3) is 0 Å². The first-order chi connectivity index (χ1) is 13.4. The van der Waals surface area contributed by atoms with Crippen LogP contribution in [0.1, 0.15) is 17.0 Å². The molecule has 0 amide bonds. The van der Waals surface area contributed by atoms with E-state index in [0.29, 0.717) is 10.1 Å². The molecular formula is C20H13ClFNO4S. The third-order valence-electron chi connectivity index (χ3n) is 4.55. The number of ether oxygens (including phenoxy) is 2. The fourth-order valence-electron chi connectivity index (χ4n) is 3.35. The highest BCUT2D eigenvalue weighted by atomic mass is 35.5. The zero-order valence-corrected chi connectivity index (χ0v) is 16.1. The molecule has 2 N–H and O–H groups in total. The molecule has 28 heavy (non-hydrogen) atoms. The molecule has 2 aromatic carbocycles. The second-order valence-corrected chi connectivity index (χ2v) is 7.49. The monoisotopic (exact) mass is 417 g/mol. The number of nitrogens with two attached hydrogens (primary N) is 1. The van der Waals surface area contributed by atoms with E-state index in [1.807, 2.05) is 0 Å². The van der Waals surface area contributed by atoms with Crippen molar-refractivity contribution in [3.8, 4) is 5.75 Å². The van der Waals surface area contributed by atoms with Gasteiger partial charge in [0.15, 0.2) is 0 Å². The minimum atomic E-state index is -1.15. The average Bonchev–Trinajstić information content (AvgIpc) is 2.67. The first-order valence-electron chi connectivity index (χ1n) is 8.19. The van der Waals surface area contributed by atoms with Crippen LogP contribution in [-0.2, 0) is 9.53 Å².